The predicted octanol–water partition coefficient (Wildman–Crippen LogP) is 1.76. The van der Waals surface area contributed by atoms with Gasteiger partial charge in [0.25, 0.3) is 5.91 Å². The molecule has 2 aromatic carbocycles. The highest BCUT2D eigenvalue weighted by Gasteiger charge is 2.32. The van der Waals surface area contributed by atoms with E-state index in [1.54, 1.807) is 62.8 Å². The third-order valence-electron chi connectivity index (χ3n) is 4.90. The van der Waals surface area contributed by atoms with Crippen molar-refractivity contribution in [3.8, 4) is 5.75 Å². The van der Waals surface area contributed by atoms with Crippen molar-refractivity contribution in [3.63, 3.8) is 0 Å². The summed E-state index contributed by atoms with van der Waals surface area (Å²) in [6, 6.07) is 14.1. The molecule has 3 amide bonds. The van der Waals surface area contributed by atoms with Crippen molar-refractivity contribution < 1.29 is 23.9 Å². The normalized spacial score (nSPS) is 14.1. The van der Waals surface area contributed by atoms with E-state index in [-0.39, 0.29) is 5.91 Å². The molecule has 8 heteroatoms. The average molecular weight is 411 g/mol. The number of hydrogen-bond acceptors (Lipinski definition) is 5. The van der Waals surface area contributed by atoms with E-state index >= 15 is 0 Å². The van der Waals surface area contributed by atoms with E-state index in [4.69, 9.17) is 9.47 Å². The minimum Gasteiger partial charge on any atom is -0.497 e. The molecule has 0 saturated carbocycles. The van der Waals surface area contributed by atoms with Crippen LogP contribution in [0.1, 0.15) is 15.9 Å². The van der Waals surface area contributed by atoms with Gasteiger partial charge in [-0.3, -0.25) is 14.4 Å². The summed E-state index contributed by atoms with van der Waals surface area (Å²) in [5.41, 5.74) is 2.02. The minimum atomic E-state index is -0.515. The van der Waals surface area contributed by atoms with Gasteiger partial charge in [-0.15, -0.1) is 0 Å². The molecule has 0 radical (unpaired) electrons. The van der Waals surface area contributed by atoms with Gasteiger partial charge in [0, 0.05) is 44.5 Å². The molecule has 0 aromatic heterocycles. The SMILES string of the molecule is COCCN1CCN(Cc2ccc(C(=O)Nc3ccc(OC)cc3)cc2)C(=O)C1=O. The van der Waals surface area contributed by atoms with Gasteiger partial charge in [-0.2, -0.15) is 0 Å². The lowest BCUT2D eigenvalue weighted by Crippen LogP contribution is -2.54. The van der Waals surface area contributed by atoms with Crippen molar-refractivity contribution in [3.05, 3.63) is 59.7 Å². The van der Waals surface area contributed by atoms with E-state index in [2.05, 4.69) is 5.32 Å². The van der Waals surface area contributed by atoms with Gasteiger partial charge >= 0.3 is 11.8 Å². The summed E-state index contributed by atoms with van der Waals surface area (Å²) in [4.78, 5) is 40.0. The predicted molar refractivity (Wildman–Crippen MR) is 111 cm³/mol. The lowest BCUT2D eigenvalue weighted by Gasteiger charge is -2.33. The maximum atomic E-state index is 12.4. The first kappa shape index (κ1) is 21.3. The zero-order valence-corrected chi connectivity index (χ0v) is 17.1. The van der Waals surface area contributed by atoms with Crippen molar-refractivity contribution in [2.24, 2.45) is 0 Å². The first-order valence-electron chi connectivity index (χ1n) is 9.63. The average Bonchev–Trinajstić information content (AvgIpc) is 2.77. The molecule has 1 saturated heterocycles. The van der Waals surface area contributed by atoms with Crippen LogP contribution < -0.4 is 10.1 Å². The van der Waals surface area contributed by atoms with E-state index in [1.165, 1.54) is 9.80 Å². The minimum absolute atomic E-state index is 0.232. The highest BCUT2D eigenvalue weighted by atomic mass is 16.5. The number of nitrogens with zero attached hydrogens (tertiary/aromatic N) is 2. The number of anilines is 1. The van der Waals surface area contributed by atoms with Gasteiger partial charge < -0.3 is 24.6 Å². The number of rotatable bonds is 8. The number of nitrogens with one attached hydrogen (secondary N) is 1. The number of amides is 3. The Kier molecular flexibility index (Phi) is 7.03. The summed E-state index contributed by atoms with van der Waals surface area (Å²) in [5, 5.41) is 2.83. The van der Waals surface area contributed by atoms with Crippen molar-refractivity contribution >= 4 is 23.4 Å². The van der Waals surface area contributed by atoms with E-state index in [0.717, 1.165) is 5.56 Å². The van der Waals surface area contributed by atoms with E-state index in [1.807, 2.05) is 0 Å². The number of hydrogen-bond donors (Lipinski definition) is 1. The van der Waals surface area contributed by atoms with Crippen molar-refractivity contribution in [2.75, 3.05) is 45.8 Å². The van der Waals surface area contributed by atoms with Gasteiger partial charge in [0.15, 0.2) is 0 Å². The highest BCUT2D eigenvalue weighted by molar-refractivity contribution is 6.35. The summed E-state index contributed by atoms with van der Waals surface area (Å²) >= 11 is 0. The fraction of sp³-hybridized carbons (Fsp3) is 0.318. The molecule has 0 unspecified atom stereocenters. The highest BCUT2D eigenvalue weighted by Crippen LogP contribution is 2.17. The van der Waals surface area contributed by atoms with Gasteiger partial charge in [0.05, 0.1) is 13.7 Å². The van der Waals surface area contributed by atoms with Crippen LogP contribution in [0.4, 0.5) is 5.69 Å². The van der Waals surface area contributed by atoms with Gasteiger partial charge in [-0.05, 0) is 42.0 Å². The van der Waals surface area contributed by atoms with Gasteiger partial charge in [-0.1, -0.05) is 12.1 Å². The van der Waals surface area contributed by atoms with E-state index in [9.17, 15) is 14.4 Å². The molecule has 1 aliphatic rings. The summed E-state index contributed by atoms with van der Waals surface area (Å²) in [6.45, 7) is 2.08. The standard InChI is InChI=1S/C22H25N3O5/c1-29-14-13-24-11-12-25(22(28)21(24)27)15-16-3-5-17(6-4-16)20(26)23-18-7-9-19(30-2)10-8-18/h3-10H,11-15H2,1-2H3,(H,23,26). The Balaban J connectivity index is 1.57. The van der Waals surface area contributed by atoms with E-state index < -0.39 is 11.8 Å². The Morgan fingerprint density at radius 1 is 0.933 bits per heavy atom. The molecule has 0 bridgehead atoms. The van der Waals surface area contributed by atoms with E-state index in [0.29, 0.717) is 49.8 Å². The summed E-state index contributed by atoms with van der Waals surface area (Å²) in [6.07, 6.45) is 0. The van der Waals surface area contributed by atoms with Gasteiger partial charge in [0.1, 0.15) is 5.75 Å². The second kappa shape index (κ2) is 9.89. The number of carbonyl (C=O) groups excluding carboxylic acids is 3. The molecule has 2 aromatic rings. The molecule has 1 fully saturated rings. The van der Waals surface area contributed by atoms with Crippen LogP contribution in [0.25, 0.3) is 0 Å². The molecule has 1 N–H and O–H groups in total. The second-order valence-corrected chi connectivity index (χ2v) is 6.89. The third-order valence-corrected chi connectivity index (χ3v) is 4.90. The van der Waals surface area contributed by atoms with Crippen LogP contribution in [0.5, 0.6) is 5.75 Å². The lowest BCUT2D eigenvalue weighted by atomic mass is 10.1. The Morgan fingerprint density at radius 2 is 1.57 bits per heavy atom. The maximum Gasteiger partial charge on any atom is 0.312 e. The van der Waals surface area contributed by atoms with Crippen molar-refractivity contribution in [1.82, 2.24) is 9.80 Å². The summed E-state index contributed by atoms with van der Waals surface area (Å²) in [5.74, 6) is -0.540. The van der Waals surface area contributed by atoms with Crippen LogP contribution in [0, 0.1) is 0 Å². The topological polar surface area (TPSA) is 88.2 Å². The zero-order chi connectivity index (χ0) is 21.5. The molecular formula is C22H25N3O5. The molecule has 3 rings (SSSR count). The molecule has 30 heavy (non-hydrogen) atoms. The van der Waals surface area contributed by atoms with Crippen LogP contribution in [0.3, 0.4) is 0 Å². The Labute approximate surface area is 175 Å². The number of carbonyl (C=O) groups is 3. The number of ether oxygens (including phenoxy) is 2. The number of methoxy groups -OCH3 is 2. The Bertz CT molecular complexity index is 896. The fourth-order valence-electron chi connectivity index (χ4n) is 3.14. The molecular weight excluding hydrogens is 386 g/mol. The largest absolute Gasteiger partial charge is 0.497 e. The van der Waals surface area contributed by atoms with Crippen LogP contribution in [-0.2, 0) is 20.9 Å². The molecule has 0 aliphatic carbocycles. The fourth-order valence-corrected chi connectivity index (χ4v) is 3.14. The smallest absolute Gasteiger partial charge is 0.312 e. The van der Waals surface area contributed by atoms with Crippen molar-refractivity contribution in [1.29, 1.82) is 0 Å². The van der Waals surface area contributed by atoms with Crippen LogP contribution >= 0.6 is 0 Å². The first-order valence-corrected chi connectivity index (χ1v) is 9.63. The van der Waals surface area contributed by atoms with Gasteiger partial charge in [0.2, 0.25) is 0 Å². The van der Waals surface area contributed by atoms with Gasteiger partial charge in [-0.25, -0.2) is 0 Å². The zero-order valence-electron chi connectivity index (χ0n) is 17.1. The first-order chi connectivity index (χ1) is 14.5. The molecule has 1 aliphatic heterocycles. The maximum absolute atomic E-state index is 12.4. The number of benzene rings is 2. The third kappa shape index (κ3) is 5.15. The second-order valence-electron chi connectivity index (χ2n) is 6.89. The van der Waals surface area contributed by atoms with Crippen molar-refractivity contribution in [2.45, 2.75) is 6.54 Å². The Morgan fingerprint density at radius 3 is 2.20 bits per heavy atom. The molecule has 1 heterocycles. The summed E-state index contributed by atoms with van der Waals surface area (Å²) in [7, 11) is 3.14. The molecule has 0 spiro atoms. The monoisotopic (exact) mass is 411 g/mol. The number of piperazine rings is 1. The Hall–Kier alpha value is -3.39. The molecule has 0 atom stereocenters. The van der Waals surface area contributed by atoms with Crippen LogP contribution in [-0.4, -0.2) is 68.0 Å². The van der Waals surface area contributed by atoms with Crippen LogP contribution in [0.15, 0.2) is 48.5 Å². The summed E-state index contributed by atoms with van der Waals surface area (Å²) < 4.78 is 10.1. The molecule has 8 nitrogen and oxygen atoms in total. The quantitative estimate of drug-likeness (QED) is 0.669. The lowest BCUT2D eigenvalue weighted by molar-refractivity contribution is -0.156. The van der Waals surface area contributed by atoms with Crippen LogP contribution in [0.2, 0.25) is 0 Å². The molecule has 158 valence electrons.